The predicted octanol–water partition coefficient (Wildman–Crippen LogP) is 9.18. The SMILES string of the molecule is Cc1ccc2c(C#C[Si](c3ccccc3)(c3ccccc3)c3ccccc3)c3ccccc3c(-c3ccc4ccccc4c3)c2c1. The van der Waals surface area contributed by atoms with E-state index in [-0.39, 0.29) is 0 Å². The fraction of sp³-hybridized carbons (Fsp3) is 0.0222. The molecule has 0 fully saturated rings. The van der Waals surface area contributed by atoms with E-state index in [0.717, 1.165) is 5.56 Å². The summed E-state index contributed by atoms with van der Waals surface area (Å²) in [6.07, 6.45) is 0. The summed E-state index contributed by atoms with van der Waals surface area (Å²) in [4.78, 5) is 0. The first-order valence-electron chi connectivity index (χ1n) is 15.9. The summed E-state index contributed by atoms with van der Waals surface area (Å²) in [5, 5.41) is 11.2. The first-order chi connectivity index (χ1) is 22.7. The predicted molar refractivity (Wildman–Crippen MR) is 200 cm³/mol. The molecule has 0 amide bonds. The molecule has 8 aromatic carbocycles. The summed E-state index contributed by atoms with van der Waals surface area (Å²) in [5.74, 6) is 3.91. The number of aryl methyl sites for hydroxylation is 1. The molecule has 0 saturated heterocycles. The molecule has 0 N–H and O–H groups in total. The molecule has 0 saturated carbocycles. The van der Waals surface area contributed by atoms with Crippen molar-refractivity contribution in [2.24, 2.45) is 0 Å². The molecule has 0 bridgehead atoms. The highest BCUT2D eigenvalue weighted by atomic mass is 28.3. The Balaban J connectivity index is 1.47. The van der Waals surface area contributed by atoms with Crippen LogP contribution < -0.4 is 15.6 Å². The summed E-state index contributed by atoms with van der Waals surface area (Å²) in [7, 11) is -2.76. The highest BCUT2D eigenvalue weighted by Gasteiger charge is 2.38. The molecule has 0 unspecified atom stereocenters. The summed E-state index contributed by atoms with van der Waals surface area (Å²) in [6.45, 7) is 2.18. The van der Waals surface area contributed by atoms with E-state index in [1.807, 2.05) is 0 Å². The molecule has 0 spiro atoms. The van der Waals surface area contributed by atoms with E-state index in [2.05, 4.69) is 194 Å². The van der Waals surface area contributed by atoms with Crippen LogP contribution in [0.1, 0.15) is 11.1 Å². The van der Waals surface area contributed by atoms with Gasteiger partial charge in [0.15, 0.2) is 0 Å². The topological polar surface area (TPSA) is 0 Å². The minimum atomic E-state index is -2.76. The van der Waals surface area contributed by atoms with E-state index in [1.54, 1.807) is 0 Å². The van der Waals surface area contributed by atoms with Gasteiger partial charge in [0.25, 0.3) is 0 Å². The molecule has 0 aromatic heterocycles. The van der Waals surface area contributed by atoms with Crippen LogP contribution in [0.5, 0.6) is 0 Å². The van der Waals surface area contributed by atoms with Crippen LogP contribution in [0.4, 0.5) is 0 Å². The maximum absolute atomic E-state index is 4.07. The average Bonchev–Trinajstić information content (AvgIpc) is 3.12. The quantitative estimate of drug-likeness (QED) is 0.0818. The molecule has 0 heterocycles. The molecular formula is C45H32Si. The monoisotopic (exact) mass is 600 g/mol. The van der Waals surface area contributed by atoms with Gasteiger partial charge in [0.05, 0.1) is 0 Å². The normalized spacial score (nSPS) is 11.4. The van der Waals surface area contributed by atoms with E-state index >= 15 is 0 Å². The van der Waals surface area contributed by atoms with Crippen LogP contribution in [0.25, 0.3) is 43.4 Å². The van der Waals surface area contributed by atoms with Crippen molar-refractivity contribution >= 4 is 56.0 Å². The lowest BCUT2D eigenvalue weighted by Crippen LogP contribution is -2.66. The second-order valence-corrected chi connectivity index (χ2v) is 15.5. The van der Waals surface area contributed by atoms with Crippen LogP contribution >= 0.6 is 0 Å². The van der Waals surface area contributed by atoms with Crippen molar-refractivity contribution in [1.29, 1.82) is 0 Å². The second-order valence-electron chi connectivity index (χ2n) is 12.0. The third-order valence-corrected chi connectivity index (χ3v) is 13.3. The maximum Gasteiger partial charge on any atom is 0.230 e. The molecule has 46 heavy (non-hydrogen) atoms. The number of benzene rings is 8. The Morgan fingerprint density at radius 2 is 0.935 bits per heavy atom. The Morgan fingerprint density at radius 3 is 1.57 bits per heavy atom. The van der Waals surface area contributed by atoms with Crippen molar-refractivity contribution in [2.45, 2.75) is 6.92 Å². The van der Waals surface area contributed by atoms with Crippen LogP contribution in [0.15, 0.2) is 176 Å². The average molecular weight is 601 g/mol. The van der Waals surface area contributed by atoms with Gasteiger partial charge in [0, 0.05) is 5.56 Å². The molecule has 0 radical (unpaired) electrons. The first kappa shape index (κ1) is 27.8. The summed E-state index contributed by atoms with van der Waals surface area (Å²) >= 11 is 0. The zero-order valence-electron chi connectivity index (χ0n) is 25.7. The molecule has 0 atom stereocenters. The van der Waals surface area contributed by atoms with E-state index in [0.29, 0.717) is 0 Å². The van der Waals surface area contributed by atoms with Crippen molar-refractivity contribution in [2.75, 3.05) is 0 Å². The highest BCUT2D eigenvalue weighted by Crippen LogP contribution is 2.40. The minimum Gasteiger partial charge on any atom is -0.109 e. The fourth-order valence-electron chi connectivity index (χ4n) is 7.02. The Labute approximate surface area is 271 Å². The maximum atomic E-state index is 4.07. The zero-order chi connectivity index (χ0) is 30.9. The number of hydrogen-bond donors (Lipinski definition) is 0. The Bertz CT molecular complexity index is 2320. The minimum absolute atomic E-state index is 1.09. The summed E-state index contributed by atoms with van der Waals surface area (Å²) < 4.78 is 0. The van der Waals surface area contributed by atoms with Gasteiger partial charge in [-0.15, -0.1) is 5.54 Å². The molecule has 8 rings (SSSR count). The lowest BCUT2D eigenvalue weighted by molar-refractivity contribution is 1.51. The molecule has 0 aliphatic rings. The Hall–Kier alpha value is -5.68. The van der Waals surface area contributed by atoms with Gasteiger partial charge in [-0.1, -0.05) is 181 Å². The van der Waals surface area contributed by atoms with Crippen molar-refractivity contribution in [3.8, 4) is 22.6 Å². The largest absolute Gasteiger partial charge is 0.230 e. The van der Waals surface area contributed by atoms with Crippen molar-refractivity contribution in [1.82, 2.24) is 0 Å². The fourth-order valence-corrected chi connectivity index (χ4v) is 10.8. The lowest BCUT2D eigenvalue weighted by atomic mass is 9.87. The van der Waals surface area contributed by atoms with Crippen LogP contribution in [-0.4, -0.2) is 8.07 Å². The lowest BCUT2D eigenvalue weighted by Gasteiger charge is -2.28. The van der Waals surface area contributed by atoms with Gasteiger partial charge in [-0.3, -0.25) is 0 Å². The molecule has 8 aromatic rings. The van der Waals surface area contributed by atoms with Crippen molar-refractivity contribution in [3.05, 3.63) is 187 Å². The second kappa shape index (κ2) is 11.7. The van der Waals surface area contributed by atoms with Gasteiger partial charge in [-0.05, 0) is 72.0 Å². The zero-order valence-corrected chi connectivity index (χ0v) is 26.7. The van der Waals surface area contributed by atoms with E-state index in [4.69, 9.17) is 0 Å². The molecule has 0 aliphatic carbocycles. The first-order valence-corrected chi connectivity index (χ1v) is 17.9. The van der Waals surface area contributed by atoms with Gasteiger partial charge >= 0.3 is 0 Å². The third-order valence-electron chi connectivity index (χ3n) is 9.21. The molecule has 0 aliphatic heterocycles. The van der Waals surface area contributed by atoms with Gasteiger partial charge in [0.2, 0.25) is 8.07 Å². The smallest absolute Gasteiger partial charge is 0.109 e. The van der Waals surface area contributed by atoms with E-state index in [1.165, 1.54) is 64.6 Å². The molecule has 216 valence electrons. The third kappa shape index (κ3) is 4.72. The molecule has 0 nitrogen and oxygen atoms in total. The van der Waals surface area contributed by atoms with Crippen LogP contribution in [0, 0.1) is 18.4 Å². The number of hydrogen-bond acceptors (Lipinski definition) is 0. The van der Waals surface area contributed by atoms with Crippen LogP contribution in [0.2, 0.25) is 0 Å². The standard InChI is InChI=1S/C45H32Si/c1-33-25-28-41-42(29-30-46(37-17-5-2-6-18-37,38-19-7-3-8-20-38)39-21-9-4-10-22-39)40-23-13-14-24-43(40)45(44(41)31-33)36-27-26-34-15-11-12-16-35(34)32-36/h2-28,31-32H,1H3. The Morgan fingerprint density at radius 1 is 0.413 bits per heavy atom. The van der Waals surface area contributed by atoms with Gasteiger partial charge in [-0.2, -0.15) is 0 Å². The number of fused-ring (bicyclic) bond motifs is 3. The Kier molecular flexibility index (Phi) is 7.06. The van der Waals surface area contributed by atoms with E-state index < -0.39 is 8.07 Å². The summed E-state index contributed by atoms with van der Waals surface area (Å²) in [6, 6.07) is 63.9. The molecule has 1 heteroatoms. The van der Waals surface area contributed by atoms with Crippen LogP contribution in [-0.2, 0) is 0 Å². The van der Waals surface area contributed by atoms with Crippen molar-refractivity contribution in [3.63, 3.8) is 0 Å². The number of rotatable bonds is 4. The van der Waals surface area contributed by atoms with Gasteiger partial charge in [0.1, 0.15) is 0 Å². The van der Waals surface area contributed by atoms with E-state index in [9.17, 15) is 0 Å². The van der Waals surface area contributed by atoms with Gasteiger partial charge < -0.3 is 0 Å². The molecular weight excluding hydrogens is 569 g/mol. The van der Waals surface area contributed by atoms with Gasteiger partial charge in [-0.25, -0.2) is 0 Å². The summed E-state index contributed by atoms with van der Waals surface area (Å²) in [5.41, 5.74) is 8.90. The van der Waals surface area contributed by atoms with Crippen molar-refractivity contribution < 1.29 is 0 Å². The van der Waals surface area contributed by atoms with Crippen LogP contribution in [0.3, 0.4) is 0 Å². The highest BCUT2D eigenvalue weighted by molar-refractivity contribution is 7.16.